The highest BCUT2D eigenvalue weighted by molar-refractivity contribution is 7.92. The number of nitrogens with one attached hydrogen (secondary N) is 1. The van der Waals surface area contributed by atoms with Crippen LogP contribution in [0.25, 0.3) is 21.8 Å². The minimum Gasteiger partial charge on any atom is -0.341 e. The molecule has 0 aliphatic heterocycles. The van der Waals surface area contributed by atoms with Gasteiger partial charge in [0.25, 0.3) is 15.7 Å². The van der Waals surface area contributed by atoms with Crippen molar-refractivity contribution in [1.29, 1.82) is 0 Å². The van der Waals surface area contributed by atoms with Crippen LogP contribution in [0.4, 0.5) is 11.4 Å². The molecule has 28 heavy (non-hydrogen) atoms. The molecule has 1 heterocycles. The Hall–Kier alpha value is -3.39. The fourth-order valence-electron chi connectivity index (χ4n) is 3.50. The Bertz CT molecular complexity index is 1330. The molecule has 0 spiro atoms. The van der Waals surface area contributed by atoms with Crippen molar-refractivity contribution in [3.8, 4) is 0 Å². The summed E-state index contributed by atoms with van der Waals surface area (Å²) in [5.74, 6) is 0. The standard InChI is InChI=1S/C20H17N3O4S/c1-2-22-17-8-4-3-7-15(17)16-13-14(11-12-18(16)22)21-28(26,27)20-10-6-5-9-19(20)23(24)25/h3-13,21H,2H2,1H3. The van der Waals surface area contributed by atoms with Gasteiger partial charge in [-0.3, -0.25) is 14.8 Å². The molecule has 0 radical (unpaired) electrons. The number of nitrogens with zero attached hydrogens (tertiary/aromatic N) is 2. The maximum atomic E-state index is 12.8. The number of nitro benzene ring substituents is 1. The van der Waals surface area contributed by atoms with Gasteiger partial charge in [0.05, 0.1) is 4.92 Å². The van der Waals surface area contributed by atoms with E-state index in [4.69, 9.17) is 0 Å². The van der Waals surface area contributed by atoms with E-state index in [0.717, 1.165) is 28.4 Å². The minimum atomic E-state index is -4.11. The highest BCUT2D eigenvalue weighted by atomic mass is 32.2. The molecule has 1 N–H and O–H groups in total. The lowest BCUT2D eigenvalue weighted by Crippen LogP contribution is -2.14. The molecule has 0 aliphatic rings. The lowest BCUT2D eigenvalue weighted by atomic mass is 10.1. The first-order valence-corrected chi connectivity index (χ1v) is 10.2. The normalized spacial score (nSPS) is 11.8. The Labute approximate surface area is 161 Å². The van der Waals surface area contributed by atoms with E-state index >= 15 is 0 Å². The van der Waals surface area contributed by atoms with Crippen LogP contribution in [0.5, 0.6) is 0 Å². The Morgan fingerprint density at radius 3 is 2.39 bits per heavy atom. The van der Waals surface area contributed by atoms with E-state index in [9.17, 15) is 18.5 Å². The van der Waals surface area contributed by atoms with E-state index in [1.807, 2.05) is 30.3 Å². The molecule has 0 saturated carbocycles. The van der Waals surface area contributed by atoms with E-state index in [1.165, 1.54) is 24.3 Å². The average molecular weight is 395 g/mol. The highest BCUT2D eigenvalue weighted by Gasteiger charge is 2.25. The minimum absolute atomic E-state index is 0.352. The van der Waals surface area contributed by atoms with E-state index in [0.29, 0.717) is 5.69 Å². The average Bonchev–Trinajstić information content (AvgIpc) is 3.00. The molecule has 3 aromatic carbocycles. The number of benzene rings is 3. The monoisotopic (exact) mass is 395 g/mol. The van der Waals surface area contributed by atoms with Gasteiger partial charge in [0.2, 0.25) is 0 Å². The number of nitro groups is 1. The Balaban J connectivity index is 1.83. The van der Waals surface area contributed by atoms with Crippen LogP contribution in [0.15, 0.2) is 71.6 Å². The molecule has 0 amide bonds. The lowest BCUT2D eigenvalue weighted by Gasteiger charge is -2.09. The van der Waals surface area contributed by atoms with Crippen molar-refractivity contribution in [3.63, 3.8) is 0 Å². The van der Waals surface area contributed by atoms with E-state index in [2.05, 4.69) is 16.2 Å². The molecule has 0 aliphatic carbocycles. The molecule has 8 heteroatoms. The first-order valence-electron chi connectivity index (χ1n) is 8.69. The molecule has 1 aromatic heterocycles. The van der Waals surface area contributed by atoms with Crippen molar-refractivity contribution in [1.82, 2.24) is 4.57 Å². The van der Waals surface area contributed by atoms with Crippen molar-refractivity contribution in [3.05, 3.63) is 76.8 Å². The lowest BCUT2D eigenvalue weighted by molar-refractivity contribution is -0.387. The third-order valence-electron chi connectivity index (χ3n) is 4.69. The maximum absolute atomic E-state index is 12.8. The molecular formula is C20H17N3O4S. The van der Waals surface area contributed by atoms with Gasteiger partial charge in [0.1, 0.15) is 0 Å². The van der Waals surface area contributed by atoms with Crippen LogP contribution in [0, 0.1) is 10.1 Å². The van der Waals surface area contributed by atoms with Crippen LogP contribution < -0.4 is 4.72 Å². The van der Waals surface area contributed by atoms with Crippen LogP contribution >= 0.6 is 0 Å². The second-order valence-corrected chi connectivity index (χ2v) is 7.97. The van der Waals surface area contributed by atoms with Crippen molar-refractivity contribution in [2.24, 2.45) is 0 Å². The molecule has 0 unspecified atom stereocenters. The third kappa shape index (κ3) is 2.87. The Morgan fingerprint density at radius 2 is 1.64 bits per heavy atom. The quantitative estimate of drug-likeness (QED) is 0.397. The van der Waals surface area contributed by atoms with Crippen LogP contribution in [-0.4, -0.2) is 17.9 Å². The maximum Gasteiger partial charge on any atom is 0.289 e. The Kier molecular flexibility index (Phi) is 4.27. The topological polar surface area (TPSA) is 94.2 Å². The van der Waals surface area contributed by atoms with Crippen LogP contribution in [-0.2, 0) is 16.6 Å². The highest BCUT2D eigenvalue weighted by Crippen LogP contribution is 2.32. The number of anilines is 1. The SMILES string of the molecule is CCn1c2ccccc2c2cc(NS(=O)(=O)c3ccccc3[N+](=O)[O-])ccc21. The number of hydrogen-bond donors (Lipinski definition) is 1. The molecule has 7 nitrogen and oxygen atoms in total. The zero-order valence-corrected chi connectivity index (χ0v) is 15.8. The molecule has 0 saturated heterocycles. The number of para-hydroxylation sites is 2. The van der Waals surface area contributed by atoms with Crippen LogP contribution in [0.1, 0.15) is 6.92 Å². The number of fused-ring (bicyclic) bond motifs is 3. The van der Waals surface area contributed by atoms with Crippen molar-refractivity contribution < 1.29 is 13.3 Å². The van der Waals surface area contributed by atoms with Gasteiger partial charge >= 0.3 is 0 Å². The zero-order valence-electron chi connectivity index (χ0n) is 15.0. The predicted octanol–water partition coefficient (Wildman–Crippen LogP) is 4.52. The smallest absolute Gasteiger partial charge is 0.289 e. The van der Waals surface area contributed by atoms with Gasteiger partial charge in [-0.05, 0) is 37.3 Å². The first kappa shape index (κ1) is 18.0. The summed E-state index contributed by atoms with van der Waals surface area (Å²) in [6.07, 6.45) is 0. The van der Waals surface area contributed by atoms with Crippen LogP contribution in [0.2, 0.25) is 0 Å². The Morgan fingerprint density at radius 1 is 0.964 bits per heavy atom. The molecule has 0 fully saturated rings. The van der Waals surface area contributed by atoms with E-state index in [-0.39, 0.29) is 4.90 Å². The largest absolute Gasteiger partial charge is 0.341 e. The summed E-state index contributed by atoms with van der Waals surface area (Å²) in [6, 6.07) is 18.5. The third-order valence-corrected chi connectivity index (χ3v) is 6.12. The second-order valence-electron chi connectivity index (χ2n) is 6.32. The molecule has 0 atom stereocenters. The van der Waals surface area contributed by atoms with Gasteiger partial charge in [-0.2, -0.15) is 0 Å². The van der Waals surface area contributed by atoms with Gasteiger partial charge in [-0.25, -0.2) is 8.42 Å². The summed E-state index contributed by atoms with van der Waals surface area (Å²) >= 11 is 0. The summed E-state index contributed by atoms with van der Waals surface area (Å²) in [5, 5.41) is 13.1. The molecule has 142 valence electrons. The van der Waals surface area contributed by atoms with Gasteiger partial charge < -0.3 is 4.57 Å². The summed E-state index contributed by atoms with van der Waals surface area (Å²) in [5.41, 5.74) is 1.96. The number of aromatic nitrogens is 1. The summed E-state index contributed by atoms with van der Waals surface area (Å²) in [7, 11) is -4.11. The summed E-state index contributed by atoms with van der Waals surface area (Å²) < 4.78 is 30.2. The van der Waals surface area contributed by atoms with Gasteiger partial charge in [0, 0.05) is 40.1 Å². The summed E-state index contributed by atoms with van der Waals surface area (Å²) in [6.45, 7) is 2.84. The molecular weight excluding hydrogens is 378 g/mol. The van der Waals surface area contributed by atoms with Crippen molar-refractivity contribution in [2.45, 2.75) is 18.4 Å². The van der Waals surface area contributed by atoms with E-state index < -0.39 is 20.6 Å². The number of aryl methyl sites for hydroxylation is 1. The molecule has 4 rings (SSSR count). The van der Waals surface area contributed by atoms with Gasteiger partial charge in [-0.1, -0.05) is 30.3 Å². The predicted molar refractivity (Wildman–Crippen MR) is 109 cm³/mol. The fourth-order valence-corrected chi connectivity index (χ4v) is 4.73. The van der Waals surface area contributed by atoms with Crippen LogP contribution in [0.3, 0.4) is 0 Å². The second kappa shape index (κ2) is 6.65. The van der Waals surface area contributed by atoms with Gasteiger partial charge in [-0.15, -0.1) is 0 Å². The fraction of sp³-hybridized carbons (Fsp3) is 0.100. The summed E-state index contributed by atoms with van der Waals surface area (Å²) in [4.78, 5) is 10.1. The van der Waals surface area contributed by atoms with Crippen molar-refractivity contribution in [2.75, 3.05) is 4.72 Å². The van der Waals surface area contributed by atoms with E-state index in [1.54, 1.807) is 12.1 Å². The molecule has 0 bridgehead atoms. The zero-order chi connectivity index (χ0) is 19.9. The van der Waals surface area contributed by atoms with Crippen molar-refractivity contribution >= 4 is 43.2 Å². The van der Waals surface area contributed by atoms with Gasteiger partial charge in [0.15, 0.2) is 4.90 Å². The number of rotatable bonds is 5. The molecule has 4 aromatic rings. The number of sulfonamides is 1. The number of hydrogen-bond acceptors (Lipinski definition) is 4. The first-order chi connectivity index (χ1) is 13.4.